The van der Waals surface area contributed by atoms with Crippen molar-refractivity contribution in [3.05, 3.63) is 29.8 Å². The van der Waals surface area contributed by atoms with Gasteiger partial charge in [-0.25, -0.2) is 4.79 Å². The molecule has 3 N–H and O–H groups in total. The van der Waals surface area contributed by atoms with Crippen LogP contribution in [-0.2, 0) is 4.74 Å². The minimum atomic E-state index is -0.581. The van der Waals surface area contributed by atoms with Gasteiger partial charge in [0.15, 0.2) is 0 Å². The summed E-state index contributed by atoms with van der Waals surface area (Å²) in [6, 6.07) is 6.84. The van der Waals surface area contributed by atoms with Crippen molar-refractivity contribution in [2.45, 2.75) is 32.1 Å². The number of nitrogens with one attached hydrogen (secondary N) is 1. The Morgan fingerprint density at radius 1 is 1.57 bits per heavy atom. The third kappa shape index (κ3) is 3.93. The number of carbonyl (C=O) groups excluding carboxylic acids is 1. The molecule has 0 aliphatic carbocycles. The number of morpholine rings is 1. The van der Waals surface area contributed by atoms with Gasteiger partial charge < -0.3 is 25.2 Å². The van der Waals surface area contributed by atoms with Crippen LogP contribution in [0.1, 0.15) is 25.5 Å². The number of rotatable bonds is 3. The Balaban J connectivity index is 2.04. The molecular formula is C15H22N2O4. The lowest BCUT2D eigenvalue weighted by atomic mass is 10.1. The van der Waals surface area contributed by atoms with Gasteiger partial charge in [0, 0.05) is 5.69 Å². The molecule has 21 heavy (non-hydrogen) atoms. The maximum atomic E-state index is 12.3. The summed E-state index contributed by atoms with van der Waals surface area (Å²) in [6.07, 6.45) is -0.918. The smallest absolute Gasteiger partial charge is 0.322 e. The molecule has 0 spiro atoms. The van der Waals surface area contributed by atoms with Crippen molar-refractivity contribution in [3.8, 4) is 0 Å². The normalized spacial score (nSPS) is 23.7. The summed E-state index contributed by atoms with van der Waals surface area (Å²) in [5, 5.41) is 21.5. The molecule has 1 aliphatic heterocycles. The molecule has 0 radical (unpaired) electrons. The molecule has 2 rings (SSSR count). The molecule has 1 heterocycles. The highest BCUT2D eigenvalue weighted by molar-refractivity contribution is 5.89. The van der Waals surface area contributed by atoms with Gasteiger partial charge in [-0.05, 0) is 31.5 Å². The Morgan fingerprint density at radius 3 is 3.00 bits per heavy atom. The van der Waals surface area contributed by atoms with Gasteiger partial charge in [-0.2, -0.15) is 0 Å². The number of aliphatic hydroxyl groups is 2. The van der Waals surface area contributed by atoms with Gasteiger partial charge in [-0.3, -0.25) is 0 Å². The van der Waals surface area contributed by atoms with Gasteiger partial charge in [0.25, 0.3) is 0 Å². The van der Waals surface area contributed by atoms with Crippen molar-refractivity contribution in [1.82, 2.24) is 4.90 Å². The Bertz CT molecular complexity index is 492. The number of amides is 2. The van der Waals surface area contributed by atoms with Crippen LogP contribution in [0.4, 0.5) is 10.5 Å². The molecule has 116 valence electrons. The number of hydrogen-bond donors (Lipinski definition) is 3. The average molecular weight is 294 g/mol. The van der Waals surface area contributed by atoms with Crippen LogP contribution in [0.2, 0.25) is 0 Å². The highest BCUT2D eigenvalue weighted by atomic mass is 16.5. The number of hydrogen-bond acceptors (Lipinski definition) is 4. The summed E-state index contributed by atoms with van der Waals surface area (Å²) in [5.41, 5.74) is 1.38. The van der Waals surface area contributed by atoms with E-state index in [-0.39, 0.29) is 24.8 Å². The highest BCUT2D eigenvalue weighted by Gasteiger charge is 2.29. The fraction of sp³-hybridized carbons (Fsp3) is 0.533. The van der Waals surface area contributed by atoms with Crippen LogP contribution in [-0.4, -0.2) is 53.0 Å². The third-order valence-corrected chi connectivity index (χ3v) is 3.59. The lowest BCUT2D eigenvalue weighted by Gasteiger charge is -2.37. The Labute approximate surface area is 124 Å². The largest absolute Gasteiger partial charge is 0.394 e. The Kier molecular flexibility index (Phi) is 5.17. The second-order valence-electron chi connectivity index (χ2n) is 5.37. The maximum Gasteiger partial charge on any atom is 0.322 e. The van der Waals surface area contributed by atoms with Crippen LogP contribution in [0.15, 0.2) is 24.3 Å². The molecule has 2 amide bonds. The number of carbonyl (C=O) groups is 1. The van der Waals surface area contributed by atoms with Crippen molar-refractivity contribution in [1.29, 1.82) is 0 Å². The fourth-order valence-corrected chi connectivity index (χ4v) is 2.28. The van der Waals surface area contributed by atoms with Crippen molar-refractivity contribution in [2.75, 3.05) is 25.1 Å². The number of aliphatic hydroxyl groups excluding tert-OH is 2. The summed E-state index contributed by atoms with van der Waals surface area (Å²) in [6.45, 7) is 4.25. The van der Waals surface area contributed by atoms with Gasteiger partial charge in [0.1, 0.15) is 0 Å². The van der Waals surface area contributed by atoms with E-state index in [0.717, 1.165) is 5.56 Å². The first kappa shape index (κ1) is 15.8. The summed E-state index contributed by atoms with van der Waals surface area (Å²) in [4.78, 5) is 14.0. The number of nitrogens with zero attached hydrogens (tertiary/aromatic N) is 1. The topological polar surface area (TPSA) is 82.0 Å². The standard InChI is InChI=1S/C15H22N2O4/c1-10-9-21-14(8-18)7-17(10)15(20)16-13-5-3-4-12(6-13)11(2)19/h3-6,10-11,14,18-19H,7-9H2,1-2H3,(H,16,20). The molecule has 1 aliphatic rings. The van der Waals surface area contributed by atoms with Crippen LogP contribution in [0, 0.1) is 0 Å². The van der Waals surface area contributed by atoms with E-state index >= 15 is 0 Å². The van der Waals surface area contributed by atoms with E-state index < -0.39 is 6.10 Å². The van der Waals surface area contributed by atoms with Gasteiger partial charge in [-0.1, -0.05) is 12.1 Å². The predicted molar refractivity (Wildman–Crippen MR) is 79.1 cm³/mol. The summed E-state index contributed by atoms with van der Waals surface area (Å²) in [7, 11) is 0. The molecule has 3 unspecified atom stereocenters. The first-order valence-corrected chi connectivity index (χ1v) is 7.09. The second kappa shape index (κ2) is 6.89. The molecule has 1 fully saturated rings. The van der Waals surface area contributed by atoms with Crippen LogP contribution in [0.3, 0.4) is 0 Å². The average Bonchev–Trinajstić information content (AvgIpc) is 2.48. The van der Waals surface area contributed by atoms with Gasteiger partial charge >= 0.3 is 6.03 Å². The molecule has 3 atom stereocenters. The predicted octanol–water partition coefficient (Wildman–Crippen LogP) is 1.35. The zero-order valence-corrected chi connectivity index (χ0v) is 12.3. The first-order chi connectivity index (χ1) is 10.0. The molecule has 0 aromatic heterocycles. The van der Waals surface area contributed by atoms with E-state index in [1.807, 2.05) is 6.92 Å². The first-order valence-electron chi connectivity index (χ1n) is 7.09. The van der Waals surface area contributed by atoms with Crippen molar-refractivity contribution in [2.24, 2.45) is 0 Å². The minimum Gasteiger partial charge on any atom is -0.394 e. The number of anilines is 1. The van der Waals surface area contributed by atoms with Crippen LogP contribution < -0.4 is 5.32 Å². The summed E-state index contributed by atoms with van der Waals surface area (Å²) >= 11 is 0. The van der Waals surface area contributed by atoms with Crippen molar-refractivity contribution in [3.63, 3.8) is 0 Å². The lowest BCUT2D eigenvalue weighted by molar-refractivity contribution is -0.0611. The molecule has 6 heteroatoms. The van der Waals surface area contributed by atoms with E-state index in [1.54, 1.807) is 36.1 Å². The monoisotopic (exact) mass is 294 g/mol. The van der Waals surface area contributed by atoms with Crippen LogP contribution >= 0.6 is 0 Å². The Hall–Kier alpha value is -1.63. The fourth-order valence-electron chi connectivity index (χ4n) is 2.28. The number of benzene rings is 1. The summed E-state index contributed by atoms with van der Waals surface area (Å²) in [5.74, 6) is 0. The van der Waals surface area contributed by atoms with E-state index in [9.17, 15) is 9.90 Å². The van der Waals surface area contributed by atoms with Crippen LogP contribution in [0.25, 0.3) is 0 Å². The van der Waals surface area contributed by atoms with E-state index in [1.165, 1.54) is 0 Å². The van der Waals surface area contributed by atoms with Crippen molar-refractivity contribution >= 4 is 11.7 Å². The zero-order valence-electron chi connectivity index (χ0n) is 12.3. The third-order valence-electron chi connectivity index (χ3n) is 3.59. The molecule has 0 bridgehead atoms. The summed E-state index contributed by atoms with van der Waals surface area (Å²) < 4.78 is 5.42. The van der Waals surface area contributed by atoms with E-state index in [4.69, 9.17) is 9.84 Å². The quantitative estimate of drug-likeness (QED) is 0.786. The Morgan fingerprint density at radius 2 is 2.33 bits per heavy atom. The molecule has 0 saturated carbocycles. The number of ether oxygens (including phenoxy) is 1. The van der Waals surface area contributed by atoms with Gasteiger partial charge in [-0.15, -0.1) is 0 Å². The van der Waals surface area contributed by atoms with Crippen molar-refractivity contribution < 1.29 is 19.7 Å². The minimum absolute atomic E-state index is 0.0484. The molecule has 1 aromatic rings. The molecular weight excluding hydrogens is 272 g/mol. The number of urea groups is 1. The second-order valence-corrected chi connectivity index (χ2v) is 5.37. The molecule has 1 saturated heterocycles. The zero-order chi connectivity index (χ0) is 15.4. The maximum absolute atomic E-state index is 12.3. The van der Waals surface area contributed by atoms with Gasteiger partial charge in [0.05, 0.1) is 38.0 Å². The lowest BCUT2D eigenvalue weighted by Crippen LogP contribution is -2.53. The van der Waals surface area contributed by atoms with Gasteiger partial charge in [0.2, 0.25) is 0 Å². The van der Waals surface area contributed by atoms with Crippen LogP contribution in [0.5, 0.6) is 0 Å². The van der Waals surface area contributed by atoms with E-state index in [2.05, 4.69) is 5.32 Å². The highest BCUT2D eigenvalue weighted by Crippen LogP contribution is 2.19. The van der Waals surface area contributed by atoms with E-state index in [0.29, 0.717) is 18.8 Å². The molecule has 1 aromatic carbocycles. The molecule has 6 nitrogen and oxygen atoms in total. The SMILES string of the molecule is CC(O)c1cccc(NC(=O)N2CC(CO)OCC2C)c1.